The highest BCUT2D eigenvalue weighted by Crippen LogP contribution is 2.30. The number of carbonyl (C=O) groups excluding carboxylic acids is 1. The minimum atomic E-state index is -0.418. The lowest BCUT2D eigenvalue weighted by Crippen LogP contribution is -2.26. The second-order valence-electron chi connectivity index (χ2n) is 8.20. The molecule has 3 aromatic rings. The number of phenolic OH excluding ortho intramolecular Hbond substituents is 1. The number of aromatic hydroxyl groups is 1. The van der Waals surface area contributed by atoms with E-state index < -0.39 is 5.97 Å². The maximum absolute atomic E-state index is 13.1. The average molecular weight is 468 g/mol. The van der Waals surface area contributed by atoms with Crippen LogP contribution in [0.2, 0.25) is 0 Å². The first kappa shape index (κ1) is 25.3. The Bertz CT molecular complexity index is 1140. The molecular formula is C27H33NO6. The molecule has 0 aliphatic carbocycles. The Kier molecular flexibility index (Phi) is 9.10. The van der Waals surface area contributed by atoms with Crippen LogP contribution < -0.4 is 10.2 Å². The Labute approximate surface area is 199 Å². The molecule has 1 aromatic heterocycles. The lowest BCUT2D eigenvalue weighted by Gasteiger charge is -2.23. The Balaban J connectivity index is 1.87. The van der Waals surface area contributed by atoms with Crippen molar-refractivity contribution in [2.45, 2.75) is 53.0 Å². The van der Waals surface area contributed by atoms with Crippen LogP contribution in [0.25, 0.3) is 11.0 Å². The number of unbranched alkanes of at least 4 members (excludes halogenated alkanes) is 2. The fraction of sp³-hybridized carbons (Fsp3) is 0.407. The molecule has 3 rings (SSSR count). The average Bonchev–Trinajstić information content (AvgIpc) is 2.84. The maximum Gasteiger partial charge on any atom is 0.338 e. The zero-order chi connectivity index (χ0) is 24.5. The summed E-state index contributed by atoms with van der Waals surface area (Å²) in [5, 5.41) is 10.9. The third-order valence-corrected chi connectivity index (χ3v) is 5.62. The molecule has 1 heterocycles. The van der Waals surface area contributed by atoms with Gasteiger partial charge in [-0.05, 0) is 69.3 Å². The predicted molar refractivity (Wildman–Crippen MR) is 132 cm³/mol. The third-order valence-electron chi connectivity index (χ3n) is 5.62. The number of nitrogens with zero attached hydrogens (tertiary/aromatic N) is 1. The topological polar surface area (TPSA) is 89.2 Å². The van der Waals surface area contributed by atoms with E-state index in [1.54, 1.807) is 37.3 Å². The second kappa shape index (κ2) is 12.2. The summed E-state index contributed by atoms with van der Waals surface area (Å²) in [6, 6.07) is 9.43. The van der Waals surface area contributed by atoms with Crippen LogP contribution >= 0.6 is 0 Å². The Morgan fingerprint density at radius 2 is 1.68 bits per heavy atom. The number of ether oxygens (including phenoxy) is 2. The molecule has 0 fully saturated rings. The fourth-order valence-corrected chi connectivity index (χ4v) is 3.71. The molecule has 0 atom stereocenters. The molecule has 0 radical (unpaired) electrons. The largest absolute Gasteiger partial charge is 0.507 e. The number of hydrogen-bond donors (Lipinski definition) is 1. The van der Waals surface area contributed by atoms with Gasteiger partial charge in [-0.25, -0.2) is 4.79 Å². The van der Waals surface area contributed by atoms with Gasteiger partial charge >= 0.3 is 5.97 Å². The number of fused-ring (bicyclic) bond motifs is 1. The zero-order valence-electron chi connectivity index (χ0n) is 20.1. The van der Waals surface area contributed by atoms with Crippen molar-refractivity contribution in [2.24, 2.45) is 0 Å². The van der Waals surface area contributed by atoms with E-state index in [2.05, 4.69) is 18.7 Å². The van der Waals surface area contributed by atoms with Crippen LogP contribution in [0.1, 0.15) is 62.4 Å². The number of rotatable bonds is 12. The van der Waals surface area contributed by atoms with E-state index in [0.717, 1.165) is 38.8 Å². The van der Waals surface area contributed by atoms with E-state index in [1.165, 1.54) is 12.3 Å². The van der Waals surface area contributed by atoms with Crippen LogP contribution in [-0.4, -0.2) is 35.7 Å². The van der Waals surface area contributed by atoms with Crippen molar-refractivity contribution in [3.8, 4) is 17.2 Å². The van der Waals surface area contributed by atoms with E-state index in [-0.39, 0.29) is 16.9 Å². The molecular weight excluding hydrogens is 434 g/mol. The van der Waals surface area contributed by atoms with Gasteiger partial charge in [-0.2, -0.15) is 0 Å². The number of esters is 1. The van der Waals surface area contributed by atoms with Crippen molar-refractivity contribution in [3.05, 3.63) is 64.0 Å². The summed E-state index contributed by atoms with van der Waals surface area (Å²) in [5.41, 5.74) is 1.04. The Hall–Kier alpha value is -3.32. The van der Waals surface area contributed by atoms with Crippen molar-refractivity contribution in [1.29, 1.82) is 0 Å². The van der Waals surface area contributed by atoms with E-state index in [4.69, 9.17) is 13.9 Å². The summed E-state index contributed by atoms with van der Waals surface area (Å²) in [6.07, 6.45) is 5.56. The molecule has 0 spiro atoms. The van der Waals surface area contributed by atoms with Crippen LogP contribution in [0.3, 0.4) is 0 Å². The van der Waals surface area contributed by atoms with Crippen molar-refractivity contribution in [2.75, 3.05) is 19.7 Å². The highest BCUT2D eigenvalue weighted by atomic mass is 16.5. The molecule has 0 amide bonds. The SMILES string of the molecule is CCCCN(CCCC)Cc1c(O)ccc2c(=O)c(Oc3ccc(C(=O)OCC)cc3)coc12. The second-order valence-corrected chi connectivity index (χ2v) is 8.20. The Morgan fingerprint density at radius 3 is 2.29 bits per heavy atom. The summed E-state index contributed by atoms with van der Waals surface area (Å²) < 4.78 is 16.5. The number of benzene rings is 2. The van der Waals surface area contributed by atoms with Gasteiger partial charge in [0.05, 0.1) is 23.1 Å². The maximum atomic E-state index is 13.1. The highest BCUT2D eigenvalue weighted by Gasteiger charge is 2.18. The van der Waals surface area contributed by atoms with Gasteiger partial charge in [0.2, 0.25) is 11.2 Å². The molecule has 0 bridgehead atoms. The van der Waals surface area contributed by atoms with E-state index in [0.29, 0.717) is 41.0 Å². The molecule has 34 heavy (non-hydrogen) atoms. The minimum absolute atomic E-state index is 0.0295. The van der Waals surface area contributed by atoms with Crippen LogP contribution in [0.5, 0.6) is 17.2 Å². The summed E-state index contributed by atoms with van der Waals surface area (Å²) in [6.45, 7) is 8.67. The van der Waals surface area contributed by atoms with Crippen LogP contribution in [0, 0.1) is 0 Å². The smallest absolute Gasteiger partial charge is 0.338 e. The molecule has 7 nitrogen and oxygen atoms in total. The summed E-state index contributed by atoms with van der Waals surface area (Å²) in [4.78, 5) is 27.2. The minimum Gasteiger partial charge on any atom is -0.507 e. The quantitative estimate of drug-likeness (QED) is 0.333. The van der Waals surface area contributed by atoms with Crippen molar-refractivity contribution >= 4 is 16.9 Å². The van der Waals surface area contributed by atoms with Gasteiger partial charge in [0.1, 0.15) is 23.3 Å². The zero-order valence-corrected chi connectivity index (χ0v) is 20.1. The molecule has 0 saturated heterocycles. The number of carbonyl (C=O) groups is 1. The first-order chi connectivity index (χ1) is 16.5. The third kappa shape index (κ3) is 6.17. The van der Waals surface area contributed by atoms with Crippen molar-refractivity contribution < 1.29 is 23.8 Å². The molecule has 7 heteroatoms. The van der Waals surface area contributed by atoms with Crippen molar-refractivity contribution in [3.63, 3.8) is 0 Å². The summed E-state index contributed by atoms with van der Waals surface area (Å²) >= 11 is 0. The lowest BCUT2D eigenvalue weighted by atomic mass is 10.1. The molecule has 1 N–H and O–H groups in total. The van der Waals surface area contributed by atoms with E-state index >= 15 is 0 Å². The van der Waals surface area contributed by atoms with Gasteiger partial charge in [-0.1, -0.05) is 26.7 Å². The molecule has 0 unspecified atom stereocenters. The molecule has 0 aliphatic rings. The Morgan fingerprint density at radius 1 is 1.00 bits per heavy atom. The van der Waals surface area contributed by atoms with Gasteiger partial charge in [0.15, 0.2) is 0 Å². The molecule has 2 aromatic carbocycles. The van der Waals surface area contributed by atoms with Crippen LogP contribution in [0.15, 0.2) is 51.9 Å². The van der Waals surface area contributed by atoms with Gasteiger partial charge < -0.3 is 19.0 Å². The first-order valence-electron chi connectivity index (χ1n) is 11.9. The molecule has 0 saturated carbocycles. The van der Waals surface area contributed by atoms with Gasteiger partial charge in [0.25, 0.3) is 0 Å². The first-order valence-corrected chi connectivity index (χ1v) is 11.9. The molecule has 182 valence electrons. The summed E-state index contributed by atoms with van der Waals surface area (Å²) in [7, 11) is 0. The number of hydrogen-bond acceptors (Lipinski definition) is 7. The monoisotopic (exact) mass is 467 g/mol. The van der Waals surface area contributed by atoms with Crippen LogP contribution in [-0.2, 0) is 11.3 Å². The standard InChI is InChI=1S/C27H33NO6/c1-4-7-15-28(16-8-5-2)17-22-23(29)14-13-21-25(30)24(18-33-26(21)22)34-20-11-9-19(10-12-20)27(31)32-6-3/h9-14,18,29H,4-8,15-17H2,1-3H3. The normalized spacial score (nSPS) is 11.2. The van der Waals surface area contributed by atoms with E-state index in [9.17, 15) is 14.7 Å². The summed E-state index contributed by atoms with van der Waals surface area (Å²) in [5.74, 6) is 0.112. The van der Waals surface area contributed by atoms with Gasteiger partial charge in [0, 0.05) is 6.54 Å². The fourth-order valence-electron chi connectivity index (χ4n) is 3.71. The van der Waals surface area contributed by atoms with Gasteiger partial charge in [-0.3, -0.25) is 9.69 Å². The highest BCUT2D eigenvalue weighted by molar-refractivity contribution is 5.89. The van der Waals surface area contributed by atoms with Crippen LogP contribution in [0.4, 0.5) is 0 Å². The van der Waals surface area contributed by atoms with Gasteiger partial charge in [-0.15, -0.1) is 0 Å². The molecule has 0 aliphatic heterocycles. The van der Waals surface area contributed by atoms with E-state index in [1.807, 2.05) is 0 Å². The lowest BCUT2D eigenvalue weighted by molar-refractivity contribution is 0.0526. The van der Waals surface area contributed by atoms with Crippen molar-refractivity contribution in [1.82, 2.24) is 4.90 Å². The number of phenols is 1. The predicted octanol–water partition coefficient (Wildman–Crippen LogP) is 5.87.